The average molecular weight is 508 g/mol. The Morgan fingerprint density at radius 1 is 1.33 bits per heavy atom. The average Bonchev–Trinajstić information content (AvgIpc) is 3.10. The van der Waals surface area contributed by atoms with Crippen molar-refractivity contribution in [2.75, 3.05) is 25.0 Å². The number of hydrogen-bond acceptors (Lipinski definition) is 3. The summed E-state index contributed by atoms with van der Waals surface area (Å²) in [6.07, 6.45) is 2.44. The maximum atomic E-state index is 13.9. The van der Waals surface area contributed by atoms with Gasteiger partial charge in [0.15, 0.2) is 17.6 Å². The number of benzene rings is 1. The molecule has 0 saturated carbocycles. The Bertz CT molecular complexity index is 805. The van der Waals surface area contributed by atoms with Crippen molar-refractivity contribution < 1.29 is 8.78 Å². The summed E-state index contributed by atoms with van der Waals surface area (Å²) in [5.41, 5.74) is 0.850. The third kappa shape index (κ3) is 5.65. The molecule has 1 aromatic carbocycles. The smallest absolute Gasteiger partial charge is 0.191 e. The first-order valence-electron chi connectivity index (χ1n) is 8.33. The molecule has 2 N–H and O–H groups in total. The quantitative estimate of drug-likeness (QED) is 0.377. The predicted molar refractivity (Wildman–Crippen MR) is 115 cm³/mol. The Labute approximate surface area is 179 Å². The molecule has 1 atom stereocenters. The zero-order valence-corrected chi connectivity index (χ0v) is 17.8. The lowest BCUT2D eigenvalue weighted by molar-refractivity contribution is 0.612. The molecule has 0 radical (unpaired) electrons. The highest BCUT2D eigenvalue weighted by Gasteiger charge is 2.25. The van der Waals surface area contributed by atoms with E-state index in [-0.39, 0.29) is 40.9 Å². The second-order valence-corrected chi connectivity index (χ2v) is 6.47. The van der Waals surface area contributed by atoms with Crippen LogP contribution < -0.4 is 15.5 Å². The highest BCUT2D eigenvalue weighted by Crippen LogP contribution is 2.20. The van der Waals surface area contributed by atoms with Crippen molar-refractivity contribution in [3.05, 3.63) is 58.7 Å². The van der Waals surface area contributed by atoms with Crippen LogP contribution in [0, 0.1) is 11.6 Å². The van der Waals surface area contributed by atoms with Crippen molar-refractivity contribution in [3.8, 4) is 0 Å². The van der Waals surface area contributed by atoms with Crippen LogP contribution in [0.15, 0.2) is 41.5 Å². The Morgan fingerprint density at radius 2 is 2.15 bits per heavy atom. The van der Waals surface area contributed by atoms with Crippen molar-refractivity contribution in [2.45, 2.75) is 19.0 Å². The number of halogens is 4. The molecule has 2 aromatic rings. The van der Waals surface area contributed by atoms with E-state index >= 15 is 0 Å². The third-order valence-electron chi connectivity index (χ3n) is 4.24. The largest absolute Gasteiger partial charge is 0.352 e. The molecular weight excluding hydrogens is 487 g/mol. The first-order valence-corrected chi connectivity index (χ1v) is 8.71. The van der Waals surface area contributed by atoms with Crippen LogP contribution in [-0.4, -0.2) is 37.1 Å². The van der Waals surface area contributed by atoms with Gasteiger partial charge in [0.05, 0.1) is 5.02 Å². The Kier molecular flexibility index (Phi) is 8.03. The first kappa shape index (κ1) is 21.6. The van der Waals surface area contributed by atoms with Crippen LogP contribution in [0.1, 0.15) is 12.0 Å². The van der Waals surface area contributed by atoms with Crippen molar-refractivity contribution in [2.24, 2.45) is 4.99 Å². The fourth-order valence-corrected chi connectivity index (χ4v) is 3.11. The molecule has 3 rings (SSSR count). The van der Waals surface area contributed by atoms with Gasteiger partial charge in [-0.3, -0.25) is 4.99 Å². The van der Waals surface area contributed by atoms with Gasteiger partial charge in [-0.05, 0) is 36.2 Å². The third-order valence-corrected chi connectivity index (χ3v) is 4.52. The molecular formula is C18H21ClF2IN5. The number of nitrogens with zero attached hydrogens (tertiary/aromatic N) is 3. The fourth-order valence-electron chi connectivity index (χ4n) is 2.90. The van der Waals surface area contributed by atoms with E-state index in [1.54, 1.807) is 31.4 Å². The normalized spacial score (nSPS) is 16.8. The topological polar surface area (TPSA) is 52.6 Å². The van der Waals surface area contributed by atoms with Gasteiger partial charge in [0.1, 0.15) is 5.82 Å². The lowest BCUT2D eigenvalue weighted by Gasteiger charge is -2.20. The van der Waals surface area contributed by atoms with Gasteiger partial charge in [0.2, 0.25) is 0 Å². The van der Waals surface area contributed by atoms with Crippen LogP contribution in [0.2, 0.25) is 5.02 Å². The molecule has 1 aromatic heterocycles. The van der Waals surface area contributed by atoms with Gasteiger partial charge in [-0.25, -0.2) is 13.8 Å². The molecule has 0 bridgehead atoms. The molecule has 146 valence electrons. The summed E-state index contributed by atoms with van der Waals surface area (Å²) in [7, 11) is 1.68. The lowest BCUT2D eigenvalue weighted by atomic mass is 10.2. The summed E-state index contributed by atoms with van der Waals surface area (Å²) >= 11 is 5.80. The van der Waals surface area contributed by atoms with E-state index in [1.807, 2.05) is 4.90 Å². The van der Waals surface area contributed by atoms with Crippen LogP contribution >= 0.6 is 35.6 Å². The minimum absolute atomic E-state index is 0. The van der Waals surface area contributed by atoms with Gasteiger partial charge >= 0.3 is 0 Å². The van der Waals surface area contributed by atoms with Crippen LogP contribution in [0.25, 0.3) is 0 Å². The molecule has 2 heterocycles. The molecule has 1 unspecified atom stereocenters. The number of nitrogens with one attached hydrogen (secondary N) is 2. The number of pyridine rings is 1. The minimum atomic E-state index is -0.439. The zero-order valence-electron chi connectivity index (χ0n) is 14.8. The van der Waals surface area contributed by atoms with E-state index in [0.717, 1.165) is 18.5 Å². The van der Waals surface area contributed by atoms with Gasteiger partial charge in [-0.1, -0.05) is 17.7 Å². The van der Waals surface area contributed by atoms with E-state index < -0.39 is 5.82 Å². The summed E-state index contributed by atoms with van der Waals surface area (Å²) in [5.74, 6) is 0.245. The molecule has 0 aliphatic carbocycles. The summed E-state index contributed by atoms with van der Waals surface area (Å²) in [6.45, 7) is 1.82. The molecule has 9 heteroatoms. The number of aliphatic imine (C=N–C) groups is 1. The molecule has 1 aliphatic heterocycles. The second-order valence-electron chi connectivity index (χ2n) is 6.06. The molecule has 27 heavy (non-hydrogen) atoms. The summed E-state index contributed by atoms with van der Waals surface area (Å²) in [6, 6.07) is 7.71. The molecule has 0 spiro atoms. The Hall–Kier alpha value is -1.68. The predicted octanol–water partition coefficient (Wildman–Crippen LogP) is 3.58. The zero-order chi connectivity index (χ0) is 18.5. The van der Waals surface area contributed by atoms with Gasteiger partial charge < -0.3 is 15.5 Å². The number of anilines is 1. The minimum Gasteiger partial charge on any atom is -0.352 e. The lowest BCUT2D eigenvalue weighted by Crippen LogP contribution is -2.44. The maximum Gasteiger partial charge on any atom is 0.191 e. The van der Waals surface area contributed by atoms with Crippen molar-refractivity contribution in [3.63, 3.8) is 0 Å². The van der Waals surface area contributed by atoms with Crippen LogP contribution in [0.4, 0.5) is 14.6 Å². The van der Waals surface area contributed by atoms with E-state index in [0.29, 0.717) is 24.9 Å². The molecule has 1 fully saturated rings. The second kappa shape index (κ2) is 10.0. The van der Waals surface area contributed by atoms with Gasteiger partial charge in [-0.2, -0.15) is 0 Å². The van der Waals surface area contributed by atoms with Crippen molar-refractivity contribution in [1.29, 1.82) is 0 Å². The summed E-state index contributed by atoms with van der Waals surface area (Å²) in [5, 5.41) is 6.59. The molecule has 0 amide bonds. The summed E-state index contributed by atoms with van der Waals surface area (Å²) in [4.78, 5) is 10.2. The number of rotatable bonds is 4. The van der Waals surface area contributed by atoms with Crippen molar-refractivity contribution in [1.82, 2.24) is 15.6 Å². The van der Waals surface area contributed by atoms with Gasteiger partial charge in [0, 0.05) is 38.9 Å². The van der Waals surface area contributed by atoms with Gasteiger partial charge in [0.25, 0.3) is 0 Å². The van der Waals surface area contributed by atoms with Crippen LogP contribution in [0.3, 0.4) is 0 Å². The number of hydrogen-bond donors (Lipinski definition) is 2. The number of guanidine groups is 1. The van der Waals surface area contributed by atoms with Gasteiger partial charge in [-0.15, -0.1) is 24.0 Å². The fraction of sp³-hybridized carbons (Fsp3) is 0.333. The molecule has 1 saturated heterocycles. The molecule has 5 nitrogen and oxygen atoms in total. The van der Waals surface area contributed by atoms with Crippen LogP contribution in [0.5, 0.6) is 0 Å². The SMILES string of the molecule is CN=C(NCc1ccc(F)c(Cl)c1)NC1CCN(c2ncccc2F)C1.I. The summed E-state index contributed by atoms with van der Waals surface area (Å²) < 4.78 is 27.1. The Morgan fingerprint density at radius 3 is 2.85 bits per heavy atom. The Balaban J connectivity index is 0.00000261. The maximum absolute atomic E-state index is 13.9. The van der Waals surface area contributed by atoms with E-state index in [9.17, 15) is 8.78 Å². The highest BCUT2D eigenvalue weighted by molar-refractivity contribution is 14.0. The highest BCUT2D eigenvalue weighted by atomic mass is 127. The van der Waals surface area contributed by atoms with Crippen LogP contribution in [-0.2, 0) is 6.54 Å². The van der Waals surface area contributed by atoms with E-state index in [1.165, 1.54) is 12.1 Å². The standard InChI is InChI=1S/C18H20ClF2N5.HI/c1-22-18(24-10-12-4-5-15(20)14(19)9-12)25-13-6-8-26(11-13)17-16(21)3-2-7-23-17;/h2-5,7,9,13H,6,8,10-11H2,1H3,(H2,22,24,25);1H. The molecule has 1 aliphatic rings. The van der Waals surface area contributed by atoms with E-state index in [4.69, 9.17) is 11.6 Å². The van der Waals surface area contributed by atoms with Crippen molar-refractivity contribution >= 4 is 47.4 Å². The first-order chi connectivity index (χ1) is 12.6. The monoisotopic (exact) mass is 507 g/mol. The number of aromatic nitrogens is 1. The van der Waals surface area contributed by atoms with E-state index in [2.05, 4.69) is 20.6 Å².